The lowest BCUT2D eigenvalue weighted by molar-refractivity contribution is 0.415. The van der Waals surface area contributed by atoms with E-state index in [0.717, 1.165) is 24.5 Å². The third-order valence-corrected chi connectivity index (χ3v) is 2.35. The maximum atomic E-state index is 5.13. The second-order valence-electron chi connectivity index (χ2n) is 3.42. The van der Waals surface area contributed by atoms with Crippen LogP contribution in [0.4, 0.5) is 5.69 Å². The zero-order valence-electron chi connectivity index (χ0n) is 10.1. The summed E-state index contributed by atoms with van der Waals surface area (Å²) in [5.74, 6) is 0.854. The summed E-state index contributed by atoms with van der Waals surface area (Å²) in [4.78, 5) is 2.16. The van der Waals surface area contributed by atoms with Crippen molar-refractivity contribution in [1.82, 2.24) is 0 Å². The van der Waals surface area contributed by atoms with E-state index in [9.17, 15) is 0 Å². The maximum Gasteiger partial charge on any atom is 0.119 e. The molecule has 0 heterocycles. The van der Waals surface area contributed by atoms with Crippen molar-refractivity contribution in [3.8, 4) is 5.75 Å². The first kappa shape index (κ1) is 12.9. The Morgan fingerprint density at radius 2 is 1.65 bits per heavy atom. The second kappa shape index (κ2) is 7.19. The molecule has 0 atom stereocenters. The summed E-state index contributed by atoms with van der Waals surface area (Å²) in [7, 11) is 1.66. The van der Waals surface area contributed by atoms with Gasteiger partial charge in [0.25, 0.3) is 0 Å². The molecule has 0 aliphatic heterocycles. The van der Waals surface area contributed by atoms with E-state index in [2.05, 4.69) is 29.5 Å². The predicted octanol–water partition coefficient (Wildman–Crippen LogP) is 3.18. The molecule has 0 unspecified atom stereocenters. The van der Waals surface area contributed by atoms with Crippen LogP contribution in [0.15, 0.2) is 61.0 Å². The van der Waals surface area contributed by atoms with E-state index in [0.29, 0.717) is 0 Å². The van der Waals surface area contributed by atoms with Gasteiger partial charge in [-0.2, -0.15) is 0 Å². The molecular weight excluding hydrogens is 210 g/mol. The van der Waals surface area contributed by atoms with Crippen LogP contribution in [-0.2, 0) is 0 Å². The first-order valence-corrected chi connectivity index (χ1v) is 5.39. The fourth-order valence-corrected chi connectivity index (χ4v) is 1.43. The SMILES string of the molecule is C=C=CCN(CC=C=C)c1ccc(OC)cc1. The smallest absolute Gasteiger partial charge is 0.119 e. The molecule has 0 aromatic heterocycles. The summed E-state index contributed by atoms with van der Waals surface area (Å²) < 4.78 is 5.13. The molecule has 0 aliphatic carbocycles. The summed E-state index contributed by atoms with van der Waals surface area (Å²) >= 11 is 0. The Balaban J connectivity index is 2.85. The highest BCUT2D eigenvalue weighted by Gasteiger charge is 2.02. The fraction of sp³-hybridized carbons (Fsp3) is 0.200. The van der Waals surface area contributed by atoms with Gasteiger partial charge < -0.3 is 9.64 Å². The van der Waals surface area contributed by atoms with Crippen LogP contribution >= 0.6 is 0 Å². The van der Waals surface area contributed by atoms with Crippen LogP contribution in [0.5, 0.6) is 5.75 Å². The van der Waals surface area contributed by atoms with Crippen LogP contribution in [0.2, 0.25) is 0 Å². The molecule has 0 saturated carbocycles. The van der Waals surface area contributed by atoms with Crippen LogP contribution in [-0.4, -0.2) is 20.2 Å². The summed E-state index contributed by atoms with van der Waals surface area (Å²) in [5, 5.41) is 0. The number of hydrogen-bond donors (Lipinski definition) is 0. The zero-order chi connectivity index (χ0) is 12.5. The molecule has 0 radical (unpaired) electrons. The topological polar surface area (TPSA) is 12.5 Å². The van der Waals surface area contributed by atoms with Crippen molar-refractivity contribution >= 4 is 5.69 Å². The quantitative estimate of drug-likeness (QED) is 0.692. The minimum absolute atomic E-state index is 0.758. The number of methoxy groups -OCH3 is 1. The van der Waals surface area contributed by atoms with Gasteiger partial charge in [-0.25, -0.2) is 0 Å². The molecule has 0 spiro atoms. The molecule has 0 N–H and O–H groups in total. The third-order valence-electron chi connectivity index (χ3n) is 2.35. The molecule has 1 rings (SSSR count). The zero-order valence-corrected chi connectivity index (χ0v) is 10.1. The normalized spacial score (nSPS) is 8.76. The number of anilines is 1. The van der Waals surface area contributed by atoms with E-state index >= 15 is 0 Å². The van der Waals surface area contributed by atoms with Crippen molar-refractivity contribution in [1.29, 1.82) is 0 Å². The Hall–Kier alpha value is -2.14. The highest BCUT2D eigenvalue weighted by Crippen LogP contribution is 2.19. The number of benzene rings is 1. The molecule has 0 saturated heterocycles. The molecule has 0 amide bonds. The molecule has 0 bridgehead atoms. The average Bonchev–Trinajstić information content (AvgIpc) is 2.39. The highest BCUT2D eigenvalue weighted by molar-refractivity contribution is 5.50. The van der Waals surface area contributed by atoms with Crippen molar-refractivity contribution in [3.63, 3.8) is 0 Å². The molecule has 0 aliphatic rings. The van der Waals surface area contributed by atoms with Crippen molar-refractivity contribution in [2.45, 2.75) is 0 Å². The molecular formula is C15H17NO. The van der Waals surface area contributed by atoms with E-state index in [1.807, 2.05) is 36.4 Å². The minimum Gasteiger partial charge on any atom is -0.497 e. The standard InChI is InChI=1S/C15H17NO/c1-4-6-12-16(13-7-5-2)14-8-10-15(17-3)11-9-14/h6-11H,1-2,12-13H2,3H3. The van der Waals surface area contributed by atoms with E-state index in [1.165, 1.54) is 0 Å². The van der Waals surface area contributed by atoms with E-state index in [-0.39, 0.29) is 0 Å². The Labute approximate surface area is 103 Å². The summed E-state index contributed by atoms with van der Waals surface area (Å²) in [6, 6.07) is 7.93. The molecule has 2 heteroatoms. The molecule has 2 nitrogen and oxygen atoms in total. The lowest BCUT2D eigenvalue weighted by Crippen LogP contribution is -2.22. The van der Waals surface area contributed by atoms with E-state index < -0.39 is 0 Å². The van der Waals surface area contributed by atoms with Gasteiger partial charge in [0, 0.05) is 18.8 Å². The largest absolute Gasteiger partial charge is 0.497 e. The van der Waals surface area contributed by atoms with Crippen LogP contribution < -0.4 is 9.64 Å². The van der Waals surface area contributed by atoms with Crippen molar-refractivity contribution in [3.05, 3.63) is 61.0 Å². The van der Waals surface area contributed by atoms with Gasteiger partial charge in [0.2, 0.25) is 0 Å². The molecule has 1 aromatic rings. The monoisotopic (exact) mass is 227 g/mol. The summed E-state index contributed by atoms with van der Waals surface area (Å²) in [6.07, 6.45) is 3.78. The Morgan fingerprint density at radius 1 is 1.12 bits per heavy atom. The Kier molecular flexibility index (Phi) is 5.46. The third kappa shape index (κ3) is 4.08. The highest BCUT2D eigenvalue weighted by atomic mass is 16.5. The predicted molar refractivity (Wildman–Crippen MR) is 72.6 cm³/mol. The first-order valence-electron chi connectivity index (χ1n) is 5.39. The summed E-state index contributed by atoms with van der Waals surface area (Å²) in [5.41, 5.74) is 6.67. The van der Waals surface area contributed by atoms with Crippen molar-refractivity contribution in [2.24, 2.45) is 0 Å². The molecule has 88 valence electrons. The molecule has 17 heavy (non-hydrogen) atoms. The first-order chi connectivity index (χ1) is 8.31. The maximum absolute atomic E-state index is 5.13. The number of ether oxygens (including phenoxy) is 1. The molecule has 0 fully saturated rings. The van der Waals surface area contributed by atoms with Gasteiger partial charge >= 0.3 is 0 Å². The van der Waals surface area contributed by atoms with E-state index in [1.54, 1.807) is 7.11 Å². The van der Waals surface area contributed by atoms with Gasteiger partial charge in [-0.15, -0.1) is 11.5 Å². The number of nitrogens with zero attached hydrogens (tertiary/aromatic N) is 1. The average molecular weight is 227 g/mol. The van der Waals surface area contributed by atoms with Crippen LogP contribution in [0.1, 0.15) is 0 Å². The minimum atomic E-state index is 0.758. The number of hydrogen-bond acceptors (Lipinski definition) is 2. The van der Waals surface area contributed by atoms with E-state index in [4.69, 9.17) is 4.74 Å². The fourth-order valence-electron chi connectivity index (χ4n) is 1.43. The van der Waals surface area contributed by atoms with Gasteiger partial charge in [-0.1, -0.05) is 13.2 Å². The van der Waals surface area contributed by atoms with Crippen molar-refractivity contribution in [2.75, 3.05) is 25.1 Å². The Morgan fingerprint density at radius 3 is 2.06 bits per heavy atom. The molecule has 1 aromatic carbocycles. The van der Waals surface area contributed by atoms with Gasteiger partial charge in [0.15, 0.2) is 0 Å². The lowest BCUT2D eigenvalue weighted by atomic mass is 10.2. The Bertz CT molecular complexity index is 414. The van der Waals surface area contributed by atoms with Gasteiger partial charge in [-0.05, 0) is 36.4 Å². The lowest BCUT2D eigenvalue weighted by Gasteiger charge is -2.21. The second-order valence-corrected chi connectivity index (χ2v) is 3.42. The van der Waals surface area contributed by atoms with Crippen molar-refractivity contribution < 1.29 is 4.74 Å². The van der Waals surface area contributed by atoms with Gasteiger partial charge in [0.05, 0.1) is 7.11 Å². The van der Waals surface area contributed by atoms with Crippen LogP contribution in [0, 0.1) is 0 Å². The van der Waals surface area contributed by atoms with Gasteiger partial charge in [-0.3, -0.25) is 0 Å². The number of rotatable bonds is 6. The summed E-state index contributed by atoms with van der Waals surface area (Å²) in [6.45, 7) is 8.65. The van der Waals surface area contributed by atoms with Gasteiger partial charge in [0.1, 0.15) is 5.75 Å². The van der Waals surface area contributed by atoms with Crippen LogP contribution in [0.3, 0.4) is 0 Å². The van der Waals surface area contributed by atoms with Crippen LogP contribution in [0.25, 0.3) is 0 Å².